The van der Waals surface area contributed by atoms with Gasteiger partial charge in [0.1, 0.15) is 0 Å². The van der Waals surface area contributed by atoms with Crippen LogP contribution in [0.1, 0.15) is 66.6 Å². The van der Waals surface area contributed by atoms with Crippen molar-refractivity contribution in [3.05, 3.63) is 64.7 Å². The second kappa shape index (κ2) is 7.42. The van der Waals surface area contributed by atoms with Crippen LogP contribution in [0.4, 0.5) is 5.69 Å². The summed E-state index contributed by atoms with van der Waals surface area (Å²) in [5.41, 5.74) is 10.6. The molecule has 0 aliphatic heterocycles. The molecule has 0 bridgehead atoms. The molecule has 0 radical (unpaired) electrons. The third-order valence-electron chi connectivity index (χ3n) is 4.06. The molecule has 0 saturated heterocycles. The number of carbonyl (C=O) groups is 1. The molecule has 0 atom stereocenters. The van der Waals surface area contributed by atoms with Crippen molar-refractivity contribution >= 4 is 11.6 Å². The Balaban J connectivity index is 2.25. The van der Waals surface area contributed by atoms with Gasteiger partial charge >= 0.3 is 0 Å². The van der Waals surface area contributed by atoms with E-state index in [2.05, 4.69) is 45.1 Å². The Morgan fingerprint density at radius 3 is 2.17 bits per heavy atom. The highest BCUT2D eigenvalue weighted by Gasteiger charge is 2.13. The molecule has 0 aliphatic rings. The Bertz CT molecular complexity index is 673. The van der Waals surface area contributed by atoms with E-state index in [4.69, 9.17) is 5.73 Å². The third kappa shape index (κ3) is 4.20. The summed E-state index contributed by atoms with van der Waals surface area (Å²) in [5, 5.41) is 3.04. The molecule has 0 fully saturated rings. The maximum absolute atomic E-state index is 12.5. The molecule has 2 aromatic carbocycles. The minimum absolute atomic E-state index is 0.0900. The lowest BCUT2D eigenvalue weighted by Gasteiger charge is -2.17. The molecule has 0 unspecified atom stereocenters. The topological polar surface area (TPSA) is 55.1 Å². The molecule has 122 valence electrons. The molecule has 3 heteroatoms. The van der Waals surface area contributed by atoms with Gasteiger partial charge in [0.2, 0.25) is 0 Å². The molecule has 2 aromatic rings. The van der Waals surface area contributed by atoms with Gasteiger partial charge in [0.25, 0.3) is 5.91 Å². The van der Waals surface area contributed by atoms with E-state index >= 15 is 0 Å². The highest BCUT2D eigenvalue weighted by atomic mass is 16.1. The van der Waals surface area contributed by atoms with Gasteiger partial charge in [0.15, 0.2) is 0 Å². The molecule has 0 heterocycles. The molecule has 0 saturated carbocycles. The van der Waals surface area contributed by atoms with Gasteiger partial charge in [-0.2, -0.15) is 0 Å². The lowest BCUT2D eigenvalue weighted by atomic mass is 9.94. The van der Waals surface area contributed by atoms with E-state index in [0.29, 0.717) is 23.9 Å². The molecular weight excluding hydrogens is 284 g/mol. The molecular formula is C20H26N2O. The van der Waals surface area contributed by atoms with Crippen LogP contribution in [-0.4, -0.2) is 5.91 Å². The second-order valence-electron chi connectivity index (χ2n) is 6.51. The van der Waals surface area contributed by atoms with Crippen molar-refractivity contribution in [3.8, 4) is 0 Å². The number of benzene rings is 2. The fraction of sp³-hybridized carbons (Fsp3) is 0.350. The van der Waals surface area contributed by atoms with E-state index in [9.17, 15) is 4.79 Å². The van der Waals surface area contributed by atoms with Crippen molar-refractivity contribution in [2.75, 3.05) is 5.32 Å². The number of amides is 1. The van der Waals surface area contributed by atoms with Crippen molar-refractivity contribution in [2.24, 2.45) is 5.73 Å². The van der Waals surface area contributed by atoms with E-state index in [1.807, 2.05) is 30.3 Å². The monoisotopic (exact) mass is 310 g/mol. The standard InChI is InChI=1S/C20H26N2O/c1-13(2)17-9-10-19(18(11-17)14(3)4)22-20(23)16-7-5-15(12-21)6-8-16/h5-11,13-14H,12,21H2,1-4H3,(H,22,23). The zero-order chi connectivity index (χ0) is 17.0. The molecule has 1 amide bonds. The summed E-state index contributed by atoms with van der Waals surface area (Å²) >= 11 is 0. The highest BCUT2D eigenvalue weighted by molar-refractivity contribution is 6.04. The van der Waals surface area contributed by atoms with Crippen molar-refractivity contribution in [1.29, 1.82) is 0 Å². The van der Waals surface area contributed by atoms with Gasteiger partial charge in [-0.05, 0) is 46.7 Å². The van der Waals surface area contributed by atoms with Gasteiger partial charge in [-0.25, -0.2) is 0 Å². The first-order valence-corrected chi connectivity index (χ1v) is 8.16. The predicted molar refractivity (Wildman–Crippen MR) is 96.9 cm³/mol. The van der Waals surface area contributed by atoms with Gasteiger partial charge < -0.3 is 11.1 Å². The number of anilines is 1. The van der Waals surface area contributed by atoms with E-state index in [-0.39, 0.29) is 5.91 Å². The minimum Gasteiger partial charge on any atom is -0.326 e. The summed E-state index contributed by atoms with van der Waals surface area (Å²) < 4.78 is 0. The summed E-state index contributed by atoms with van der Waals surface area (Å²) in [4.78, 5) is 12.5. The van der Waals surface area contributed by atoms with Gasteiger partial charge in [-0.15, -0.1) is 0 Å². The first-order valence-electron chi connectivity index (χ1n) is 8.16. The van der Waals surface area contributed by atoms with Crippen molar-refractivity contribution in [3.63, 3.8) is 0 Å². The van der Waals surface area contributed by atoms with Crippen LogP contribution in [0.5, 0.6) is 0 Å². The minimum atomic E-state index is -0.0900. The lowest BCUT2D eigenvalue weighted by Crippen LogP contribution is -2.14. The zero-order valence-electron chi connectivity index (χ0n) is 14.4. The fourth-order valence-corrected chi connectivity index (χ4v) is 2.52. The maximum atomic E-state index is 12.5. The first-order chi connectivity index (χ1) is 10.9. The van der Waals surface area contributed by atoms with E-state index < -0.39 is 0 Å². The summed E-state index contributed by atoms with van der Waals surface area (Å²) in [7, 11) is 0. The predicted octanol–water partition coefficient (Wildman–Crippen LogP) is 4.64. The average molecular weight is 310 g/mol. The zero-order valence-corrected chi connectivity index (χ0v) is 14.4. The molecule has 3 nitrogen and oxygen atoms in total. The molecule has 23 heavy (non-hydrogen) atoms. The van der Waals surface area contributed by atoms with Crippen molar-refractivity contribution < 1.29 is 4.79 Å². The van der Waals surface area contributed by atoms with Gasteiger partial charge in [-0.1, -0.05) is 52.0 Å². The number of hydrogen-bond donors (Lipinski definition) is 2. The first kappa shape index (κ1) is 17.2. The normalized spacial score (nSPS) is 11.1. The summed E-state index contributed by atoms with van der Waals surface area (Å²) in [6, 6.07) is 13.7. The molecule has 0 aromatic heterocycles. The van der Waals surface area contributed by atoms with Crippen LogP contribution in [0, 0.1) is 0 Å². The maximum Gasteiger partial charge on any atom is 0.255 e. The summed E-state index contributed by atoms with van der Waals surface area (Å²) in [6.07, 6.45) is 0. The Kier molecular flexibility index (Phi) is 5.56. The fourth-order valence-electron chi connectivity index (χ4n) is 2.52. The van der Waals surface area contributed by atoms with Crippen LogP contribution in [0.15, 0.2) is 42.5 Å². The van der Waals surface area contributed by atoms with Crippen molar-refractivity contribution in [2.45, 2.75) is 46.1 Å². The van der Waals surface area contributed by atoms with Crippen LogP contribution < -0.4 is 11.1 Å². The van der Waals surface area contributed by atoms with Crippen molar-refractivity contribution in [1.82, 2.24) is 0 Å². The largest absolute Gasteiger partial charge is 0.326 e. The Morgan fingerprint density at radius 2 is 1.65 bits per heavy atom. The second-order valence-corrected chi connectivity index (χ2v) is 6.51. The Labute approximate surface area is 138 Å². The quantitative estimate of drug-likeness (QED) is 0.845. The number of hydrogen-bond acceptors (Lipinski definition) is 2. The third-order valence-corrected chi connectivity index (χ3v) is 4.06. The van der Waals surface area contributed by atoms with Crippen LogP contribution in [0.25, 0.3) is 0 Å². The SMILES string of the molecule is CC(C)c1ccc(NC(=O)c2ccc(CN)cc2)c(C(C)C)c1. The number of rotatable bonds is 5. The van der Waals surface area contributed by atoms with Crippen LogP contribution in [0.3, 0.4) is 0 Å². The molecule has 3 N–H and O–H groups in total. The van der Waals surface area contributed by atoms with Crippen LogP contribution in [-0.2, 0) is 6.54 Å². The lowest BCUT2D eigenvalue weighted by molar-refractivity contribution is 0.102. The molecule has 2 rings (SSSR count). The average Bonchev–Trinajstić information content (AvgIpc) is 2.54. The Morgan fingerprint density at radius 1 is 1.00 bits per heavy atom. The highest BCUT2D eigenvalue weighted by Crippen LogP contribution is 2.28. The van der Waals surface area contributed by atoms with E-state index in [0.717, 1.165) is 11.3 Å². The van der Waals surface area contributed by atoms with Crippen LogP contribution >= 0.6 is 0 Å². The molecule has 0 aliphatic carbocycles. The summed E-state index contributed by atoms with van der Waals surface area (Å²) in [5.74, 6) is 0.734. The van der Waals surface area contributed by atoms with Gasteiger partial charge in [0, 0.05) is 17.8 Å². The number of nitrogens with one attached hydrogen (secondary N) is 1. The number of carbonyl (C=O) groups excluding carboxylic acids is 1. The van der Waals surface area contributed by atoms with Gasteiger partial charge in [0.05, 0.1) is 0 Å². The number of nitrogens with two attached hydrogens (primary N) is 1. The molecule has 0 spiro atoms. The smallest absolute Gasteiger partial charge is 0.255 e. The Hall–Kier alpha value is -2.13. The van der Waals surface area contributed by atoms with Gasteiger partial charge in [-0.3, -0.25) is 4.79 Å². The van der Waals surface area contributed by atoms with E-state index in [1.165, 1.54) is 11.1 Å². The van der Waals surface area contributed by atoms with E-state index in [1.54, 1.807) is 0 Å². The van der Waals surface area contributed by atoms with Crippen LogP contribution in [0.2, 0.25) is 0 Å². The summed E-state index contributed by atoms with van der Waals surface area (Å²) in [6.45, 7) is 9.12.